The van der Waals surface area contributed by atoms with Gasteiger partial charge in [-0.15, -0.1) is 11.8 Å². The second kappa shape index (κ2) is 5.45. The minimum Gasteiger partial charge on any atom is -0.398 e. The molecule has 0 fully saturated rings. The van der Waals surface area contributed by atoms with Gasteiger partial charge in [0.05, 0.1) is 5.75 Å². The molecule has 0 aromatic heterocycles. The van der Waals surface area contributed by atoms with Crippen molar-refractivity contribution in [1.82, 2.24) is 5.32 Å². The fourth-order valence-corrected chi connectivity index (χ4v) is 2.15. The van der Waals surface area contributed by atoms with Crippen LogP contribution in [0.3, 0.4) is 0 Å². The Bertz CT molecular complexity index is 410. The van der Waals surface area contributed by atoms with Gasteiger partial charge in [0.15, 0.2) is 0 Å². The van der Waals surface area contributed by atoms with Crippen molar-refractivity contribution in [2.24, 2.45) is 0 Å². The van der Waals surface area contributed by atoms with E-state index in [0.717, 1.165) is 16.1 Å². The van der Waals surface area contributed by atoms with Gasteiger partial charge in [0.25, 0.3) is 0 Å². The Morgan fingerprint density at radius 2 is 2.06 bits per heavy atom. The third-order valence-corrected chi connectivity index (χ3v) is 3.13. The van der Waals surface area contributed by atoms with Gasteiger partial charge in [-0.3, -0.25) is 4.79 Å². The summed E-state index contributed by atoms with van der Waals surface area (Å²) >= 11 is 1.47. The Morgan fingerprint density at radius 3 is 2.59 bits per heavy atom. The summed E-state index contributed by atoms with van der Waals surface area (Å²) in [5.74, 6) is 0.423. The van der Waals surface area contributed by atoms with Crippen LogP contribution in [0.2, 0.25) is 0 Å². The summed E-state index contributed by atoms with van der Waals surface area (Å²) in [6.07, 6.45) is 0. The predicted octanol–water partition coefficient (Wildman–Crippen LogP) is 2.58. The molecule has 0 unspecified atom stereocenters. The van der Waals surface area contributed by atoms with E-state index in [1.807, 2.05) is 45.9 Å². The minimum atomic E-state index is -0.184. The topological polar surface area (TPSA) is 55.1 Å². The number of amides is 1. The maximum absolute atomic E-state index is 11.6. The van der Waals surface area contributed by atoms with Gasteiger partial charge in [-0.25, -0.2) is 0 Å². The van der Waals surface area contributed by atoms with Gasteiger partial charge in [-0.05, 0) is 45.4 Å². The monoisotopic (exact) mass is 252 g/mol. The third kappa shape index (κ3) is 5.13. The van der Waals surface area contributed by atoms with E-state index in [1.165, 1.54) is 11.8 Å². The fourth-order valence-electron chi connectivity index (χ4n) is 1.40. The lowest BCUT2D eigenvalue weighted by Gasteiger charge is -2.20. The maximum atomic E-state index is 11.6. The summed E-state index contributed by atoms with van der Waals surface area (Å²) in [6.45, 7) is 7.90. The molecule has 94 valence electrons. The molecule has 1 aromatic carbocycles. The molecule has 0 radical (unpaired) electrons. The number of anilines is 1. The van der Waals surface area contributed by atoms with Gasteiger partial charge in [0.1, 0.15) is 0 Å². The Morgan fingerprint density at radius 1 is 1.41 bits per heavy atom. The molecule has 1 aromatic rings. The lowest BCUT2D eigenvalue weighted by atomic mass is 10.1. The Balaban J connectivity index is 2.53. The number of hydrogen-bond donors (Lipinski definition) is 2. The van der Waals surface area contributed by atoms with E-state index in [2.05, 4.69) is 5.32 Å². The van der Waals surface area contributed by atoms with Crippen LogP contribution in [0.25, 0.3) is 0 Å². The molecule has 0 heterocycles. The largest absolute Gasteiger partial charge is 0.398 e. The molecule has 0 saturated carbocycles. The van der Waals surface area contributed by atoms with E-state index < -0.39 is 0 Å². The van der Waals surface area contributed by atoms with Gasteiger partial charge < -0.3 is 11.1 Å². The Labute approximate surface area is 107 Å². The molecule has 3 nitrogen and oxygen atoms in total. The Hall–Kier alpha value is -1.16. The summed E-state index contributed by atoms with van der Waals surface area (Å²) in [4.78, 5) is 12.6. The van der Waals surface area contributed by atoms with Crippen LogP contribution in [-0.2, 0) is 4.79 Å². The molecule has 0 spiro atoms. The van der Waals surface area contributed by atoms with Crippen molar-refractivity contribution >= 4 is 23.4 Å². The van der Waals surface area contributed by atoms with E-state index in [9.17, 15) is 4.79 Å². The van der Waals surface area contributed by atoms with Crippen molar-refractivity contribution in [3.63, 3.8) is 0 Å². The highest BCUT2D eigenvalue weighted by atomic mass is 32.2. The normalized spacial score (nSPS) is 11.3. The van der Waals surface area contributed by atoms with Crippen molar-refractivity contribution in [3.05, 3.63) is 23.8 Å². The lowest BCUT2D eigenvalue weighted by Crippen LogP contribution is -2.41. The fraction of sp³-hybridized carbons (Fsp3) is 0.462. The minimum absolute atomic E-state index is 0.0301. The summed E-state index contributed by atoms with van der Waals surface area (Å²) in [5.41, 5.74) is 7.56. The predicted molar refractivity (Wildman–Crippen MR) is 74.2 cm³/mol. The van der Waals surface area contributed by atoms with Crippen LogP contribution >= 0.6 is 11.8 Å². The first-order valence-corrected chi connectivity index (χ1v) is 6.56. The quantitative estimate of drug-likeness (QED) is 0.642. The molecule has 0 aliphatic heterocycles. The van der Waals surface area contributed by atoms with Gasteiger partial charge in [0, 0.05) is 16.1 Å². The Kier molecular flexibility index (Phi) is 4.46. The number of carbonyl (C=O) groups is 1. The van der Waals surface area contributed by atoms with Crippen LogP contribution in [0, 0.1) is 6.92 Å². The SMILES string of the molecule is Cc1ccc(SCC(=O)NC(C)(C)C)c(N)c1. The lowest BCUT2D eigenvalue weighted by molar-refractivity contribution is -0.119. The van der Waals surface area contributed by atoms with Crippen LogP contribution in [0.4, 0.5) is 5.69 Å². The number of nitrogen functional groups attached to an aromatic ring is 1. The average Bonchev–Trinajstić information content (AvgIpc) is 2.13. The summed E-state index contributed by atoms with van der Waals surface area (Å²) in [7, 11) is 0. The average molecular weight is 252 g/mol. The number of rotatable bonds is 3. The van der Waals surface area contributed by atoms with E-state index >= 15 is 0 Å². The van der Waals surface area contributed by atoms with E-state index in [0.29, 0.717) is 5.75 Å². The van der Waals surface area contributed by atoms with Gasteiger partial charge in [0.2, 0.25) is 5.91 Å². The maximum Gasteiger partial charge on any atom is 0.230 e. The molecular formula is C13H20N2OS. The molecule has 0 aliphatic rings. The summed E-state index contributed by atoms with van der Waals surface area (Å²) < 4.78 is 0. The second-order valence-corrected chi connectivity index (χ2v) is 6.15. The first-order chi connectivity index (χ1) is 7.78. The number of thioether (sulfide) groups is 1. The number of nitrogens with one attached hydrogen (secondary N) is 1. The van der Waals surface area contributed by atoms with Crippen molar-refractivity contribution in [3.8, 4) is 0 Å². The molecule has 4 heteroatoms. The number of aryl methyl sites for hydroxylation is 1. The van der Waals surface area contributed by atoms with Crippen molar-refractivity contribution in [2.45, 2.75) is 38.1 Å². The zero-order valence-electron chi connectivity index (χ0n) is 10.8. The first kappa shape index (κ1) is 13.9. The van der Waals surface area contributed by atoms with Crippen molar-refractivity contribution in [2.75, 3.05) is 11.5 Å². The second-order valence-electron chi connectivity index (χ2n) is 5.13. The molecule has 1 rings (SSSR count). The molecular weight excluding hydrogens is 232 g/mol. The van der Waals surface area contributed by atoms with Gasteiger partial charge in [-0.1, -0.05) is 6.07 Å². The van der Waals surface area contributed by atoms with Gasteiger partial charge in [-0.2, -0.15) is 0 Å². The van der Waals surface area contributed by atoms with Crippen molar-refractivity contribution in [1.29, 1.82) is 0 Å². The first-order valence-electron chi connectivity index (χ1n) is 5.58. The zero-order valence-corrected chi connectivity index (χ0v) is 11.6. The molecule has 0 atom stereocenters. The highest BCUT2D eigenvalue weighted by Crippen LogP contribution is 2.25. The molecule has 17 heavy (non-hydrogen) atoms. The van der Waals surface area contributed by atoms with Crippen molar-refractivity contribution < 1.29 is 4.79 Å². The van der Waals surface area contributed by atoms with Crippen LogP contribution in [-0.4, -0.2) is 17.2 Å². The third-order valence-electron chi connectivity index (χ3n) is 2.04. The molecule has 0 aliphatic carbocycles. The highest BCUT2D eigenvalue weighted by molar-refractivity contribution is 8.00. The standard InChI is InChI=1S/C13H20N2OS/c1-9-5-6-11(10(14)7-9)17-8-12(16)15-13(2,3)4/h5-7H,8,14H2,1-4H3,(H,15,16). The number of carbonyl (C=O) groups excluding carboxylic acids is 1. The van der Waals surface area contributed by atoms with E-state index in [4.69, 9.17) is 5.73 Å². The van der Waals surface area contributed by atoms with E-state index in [-0.39, 0.29) is 11.4 Å². The van der Waals surface area contributed by atoms with Crippen LogP contribution in [0.15, 0.2) is 23.1 Å². The summed E-state index contributed by atoms with van der Waals surface area (Å²) in [5, 5.41) is 2.92. The van der Waals surface area contributed by atoms with Crippen LogP contribution < -0.4 is 11.1 Å². The van der Waals surface area contributed by atoms with Crippen LogP contribution in [0.1, 0.15) is 26.3 Å². The number of hydrogen-bond acceptors (Lipinski definition) is 3. The zero-order chi connectivity index (χ0) is 13.1. The number of nitrogens with two attached hydrogens (primary N) is 1. The molecule has 1 amide bonds. The molecule has 3 N–H and O–H groups in total. The smallest absolute Gasteiger partial charge is 0.230 e. The summed E-state index contributed by atoms with van der Waals surface area (Å²) in [6, 6.07) is 5.88. The highest BCUT2D eigenvalue weighted by Gasteiger charge is 2.14. The number of benzene rings is 1. The molecule has 0 saturated heterocycles. The molecule has 0 bridgehead atoms. The van der Waals surface area contributed by atoms with E-state index in [1.54, 1.807) is 0 Å². The van der Waals surface area contributed by atoms with Gasteiger partial charge >= 0.3 is 0 Å². The van der Waals surface area contributed by atoms with Crippen LogP contribution in [0.5, 0.6) is 0 Å².